The van der Waals surface area contributed by atoms with E-state index in [1.54, 1.807) is 0 Å². The summed E-state index contributed by atoms with van der Waals surface area (Å²) in [6.45, 7) is 6.84. The van der Waals surface area contributed by atoms with Crippen molar-refractivity contribution in [2.45, 2.75) is 38.8 Å². The van der Waals surface area contributed by atoms with Gasteiger partial charge in [-0.1, -0.05) is 24.3 Å². The number of rotatable bonds is 4. The Morgan fingerprint density at radius 1 is 1.41 bits per heavy atom. The largest absolute Gasteiger partial charge is 0.354 e. The lowest BCUT2D eigenvalue weighted by Gasteiger charge is -2.33. The van der Waals surface area contributed by atoms with Gasteiger partial charge in [-0.05, 0) is 56.3 Å². The quantitative estimate of drug-likeness (QED) is 0.887. The number of nitrogens with zero attached hydrogens (tertiary/aromatic N) is 1. The molecule has 3 rings (SSSR count). The smallest absolute Gasteiger partial charge is 0.237 e. The highest BCUT2D eigenvalue weighted by Gasteiger charge is 2.25. The Hall–Kier alpha value is -1.39. The number of amides is 1. The first-order chi connectivity index (χ1) is 10.7. The van der Waals surface area contributed by atoms with Gasteiger partial charge >= 0.3 is 0 Å². The molecule has 1 aromatic rings. The first kappa shape index (κ1) is 15.5. The van der Waals surface area contributed by atoms with Crippen molar-refractivity contribution >= 4 is 5.91 Å². The molecular weight excluding hydrogens is 274 g/mol. The molecule has 2 aliphatic rings. The van der Waals surface area contributed by atoms with Gasteiger partial charge in [-0.3, -0.25) is 9.69 Å². The third kappa shape index (κ3) is 3.68. The molecule has 1 aromatic carbocycles. The summed E-state index contributed by atoms with van der Waals surface area (Å²) < 4.78 is 0. The summed E-state index contributed by atoms with van der Waals surface area (Å²) in [6.07, 6.45) is 3.48. The van der Waals surface area contributed by atoms with E-state index in [0.717, 1.165) is 39.1 Å². The second-order valence-electron chi connectivity index (χ2n) is 6.62. The molecule has 1 amide bonds. The van der Waals surface area contributed by atoms with Crippen LogP contribution in [0.2, 0.25) is 0 Å². The van der Waals surface area contributed by atoms with Crippen LogP contribution in [0.15, 0.2) is 24.3 Å². The molecule has 2 heterocycles. The highest BCUT2D eigenvalue weighted by atomic mass is 16.2. The molecule has 2 aliphatic heterocycles. The van der Waals surface area contributed by atoms with Crippen LogP contribution in [-0.4, -0.2) is 43.0 Å². The van der Waals surface area contributed by atoms with Crippen molar-refractivity contribution < 1.29 is 4.79 Å². The van der Waals surface area contributed by atoms with E-state index in [2.05, 4.69) is 39.8 Å². The normalized spacial score (nSPS) is 23.6. The van der Waals surface area contributed by atoms with Crippen molar-refractivity contribution in [3.8, 4) is 0 Å². The molecule has 2 N–H and O–H groups in total. The minimum absolute atomic E-state index is 0.0510. The molecule has 4 heteroatoms. The molecule has 0 spiro atoms. The van der Waals surface area contributed by atoms with E-state index in [0.29, 0.717) is 5.92 Å². The molecule has 120 valence electrons. The summed E-state index contributed by atoms with van der Waals surface area (Å²) >= 11 is 0. The Bertz CT molecular complexity index is 511. The zero-order chi connectivity index (χ0) is 15.4. The van der Waals surface area contributed by atoms with Gasteiger partial charge in [-0.25, -0.2) is 0 Å². The van der Waals surface area contributed by atoms with Crippen LogP contribution in [-0.2, 0) is 17.8 Å². The lowest BCUT2D eigenvalue weighted by molar-refractivity contribution is -0.126. The minimum atomic E-state index is -0.0510. The summed E-state index contributed by atoms with van der Waals surface area (Å²) in [5, 5.41) is 6.55. The minimum Gasteiger partial charge on any atom is -0.354 e. The summed E-state index contributed by atoms with van der Waals surface area (Å²) in [6, 6.07) is 8.52. The fourth-order valence-electron chi connectivity index (χ4n) is 3.50. The molecule has 0 aromatic heterocycles. The fraction of sp³-hybridized carbons (Fsp3) is 0.611. The van der Waals surface area contributed by atoms with Gasteiger partial charge in [0.2, 0.25) is 5.91 Å². The Balaban J connectivity index is 1.50. The van der Waals surface area contributed by atoms with Gasteiger partial charge < -0.3 is 10.6 Å². The zero-order valence-electron chi connectivity index (χ0n) is 13.5. The van der Waals surface area contributed by atoms with E-state index < -0.39 is 0 Å². The lowest BCUT2D eigenvalue weighted by Crippen LogP contribution is -2.48. The van der Waals surface area contributed by atoms with Crippen molar-refractivity contribution in [3.63, 3.8) is 0 Å². The number of carbonyl (C=O) groups excluding carboxylic acids is 1. The van der Waals surface area contributed by atoms with E-state index in [1.165, 1.54) is 24.0 Å². The van der Waals surface area contributed by atoms with Gasteiger partial charge in [0.05, 0.1) is 6.04 Å². The molecule has 2 unspecified atom stereocenters. The standard InChI is InChI=1S/C18H27N3O/c1-14(18(22)20-12-15-5-4-9-19-11-15)21-10-8-16-6-2-3-7-17(16)13-21/h2-3,6-7,14-15,19H,4-5,8-13H2,1H3,(H,20,22). The monoisotopic (exact) mass is 301 g/mol. The predicted octanol–water partition coefficient (Wildman–Crippen LogP) is 1.55. The number of fused-ring (bicyclic) bond motifs is 1. The van der Waals surface area contributed by atoms with Crippen LogP contribution in [0.5, 0.6) is 0 Å². The average Bonchev–Trinajstić information content (AvgIpc) is 2.59. The van der Waals surface area contributed by atoms with E-state index >= 15 is 0 Å². The Morgan fingerprint density at radius 3 is 3.00 bits per heavy atom. The van der Waals surface area contributed by atoms with Gasteiger partial charge in [0, 0.05) is 19.6 Å². The van der Waals surface area contributed by atoms with Crippen LogP contribution in [0, 0.1) is 5.92 Å². The Labute approximate surface area is 133 Å². The second kappa shape index (κ2) is 7.25. The van der Waals surface area contributed by atoms with Gasteiger partial charge in [0.1, 0.15) is 0 Å². The van der Waals surface area contributed by atoms with E-state index in [1.807, 2.05) is 6.92 Å². The lowest BCUT2D eigenvalue weighted by atomic mass is 9.98. The van der Waals surface area contributed by atoms with Crippen LogP contribution in [0.3, 0.4) is 0 Å². The fourth-order valence-corrected chi connectivity index (χ4v) is 3.50. The third-order valence-electron chi connectivity index (χ3n) is 5.05. The van der Waals surface area contributed by atoms with E-state index in [-0.39, 0.29) is 11.9 Å². The van der Waals surface area contributed by atoms with Crippen LogP contribution in [0.25, 0.3) is 0 Å². The number of piperidine rings is 1. The number of hydrogen-bond donors (Lipinski definition) is 2. The molecule has 1 saturated heterocycles. The number of nitrogens with one attached hydrogen (secondary N) is 2. The predicted molar refractivity (Wildman–Crippen MR) is 88.6 cm³/mol. The maximum atomic E-state index is 12.4. The second-order valence-corrected chi connectivity index (χ2v) is 6.62. The van der Waals surface area contributed by atoms with Crippen LogP contribution < -0.4 is 10.6 Å². The summed E-state index contributed by atoms with van der Waals surface area (Å²) in [4.78, 5) is 14.7. The van der Waals surface area contributed by atoms with Crippen molar-refractivity contribution in [2.75, 3.05) is 26.2 Å². The maximum absolute atomic E-state index is 12.4. The van der Waals surface area contributed by atoms with Gasteiger partial charge in [0.15, 0.2) is 0 Å². The third-order valence-corrected chi connectivity index (χ3v) is 5.05. The van der Waals surface area contributed by atoms with E-state index in [9.17, 15) is 4.79 Å². The van der Waals surface area contributed by atoms with Crippen molar-refractivity contribution in [3.05, 3.63) is 35.4 Å². The van der Waals surface area contributed by atoms with Gasteiger partial charge in [0.25, 0.3) is 0 Å². The van der Waals surface area contributed by atoms with Crippen LogP contribution in [0.1, 0.15) is 30.9 Å². The molecule has 0 saturated carbocycles. The SMILES string of the molecule is CC(C(=O)NCC1CCCNC1)N1CCc2ccccc2C1. The molecular formula is C18H27N3O. The topological polar surface area (TPSA) is 44.4 Å². The van der Waals surface area contributed by atoms with Crippen LogP contribution >= 0.6 is 0 Å². The number of benzene rings is 1. The first-order valence-electron chi connectivity index (χ1n) is 8.53. The van der Waals surface area contributed by atoms with Crippen LogP contribution in [0.4, 0.5) is 0 Å². The maximum Gasteiger partial charge on any atom is 0.237 e. The summed E-state index contributed by atoms with van der Waals surface area (Å²) in [5.41, 5.74) is 2.80. The first-order valence-corrected chi connectivity index (χ1v) is 8.53. The molecule has 0 radical (unpaired) electrons. The van der Waals surface area contributed by atoms with Crippen molar-refractivity contribution in [1.82, 2.24) is 15.5 Å². The molecule has 2 atom stereocenters. The number of carbonyl (C=O) groups is 1. The van der Waals surface area contributed by atoms with Crippen molar-refractivity contribution in [2.24, 2.45) is 5.92 Å². The highest BCUT2D eigenvalue weighted by molar-refractivity contribution is 5.81. The Kier molecular flexibility index (Phi) is 5.11. The van der Waals surface area contributed by atoms with E-state index in [4.69, 9.17) is 0 Å². The number of hydrogen-bond acceptors (Lipinski definition) is 3. The average molecular weight is 301 g/mol. The molecule has 22 heavy (non-hydrogen) atoms. The highest BCUT2D eigenvalue weighted by Crippen LogP contribution is 2.20. The van der Waals surface area contributed by atoms with Crippen molar-refractivity contribution in [1.29, 1.82) is 0 Å². The zero-order valence-corrected chi connectivity index (χ0v) is 13.5. The summed E-state index contributed by atoms with van der Waals surface area (Å²) in [7, 11) is 0. The Morgan fingerprint density at radius 2 is 2.23 bits per heavy atom. The van der Waals surface area contributed by atoms with Gasteiger partial charge in [-0.2, -0.15) is 0 Å². The molecule has 4 nitrogen and oxygen atoms in total. The molecule has 0 bridgehead atoms. The molecule has 0 aliphatic carbocycles. The molecule has 1 fully saturated rings. The summed E-state index contributed by atoms with van der Waals surface area (Å²) in [5.74, 6) is 0.761. The van der Waals surface area contributed by atoms with Gasteiger partial charge in [-0.15, -0.1) is 0 Å².